The number of nitrogens with zero attached hydrogens (tertiary/aromatic N) is 1. The predicted molar refractivity (Wildman–Crippen MR) is 93.6 cm³/mol. The molecule has 8 heteroatoms. The molecule has 0 bridgehead atoms. The molecule has 0 spiro atoms. The number of rotatable bonds is 5. The van der Waals surface area contributed by atoms with Crippen LogP contribution in [0.3, 0.4) is 0 Å². The van der Waals surface area contributed by atoms with Crippen LogP contribution in [-0.2, 0) is 11.3 Å². The van der Waals surface area contributed by atoms with Crippen LogP contribution in [0.1, 0.15) is 17.5 Å². The Morgan fingerprint density at radius 2 is 2.04 bits per heavy atom. The third kappa shape index (κ3) is 5.49. The number of nitro benzene ring substituents is 1. The molecule has 3 N–H and O–H groups in total. The van der Waals surface area contributed by atoms with E-state index in [4.69, 9.17) is 10.5 Å². The van der Waals surface area contributed by atoms with E-state index in [1.165, 1.54) is 0 Å². The fourth-order valence-electron chi connectivity index (χ4n) is 1.99. The molecule has 0 aliphatic heterocycles. The molecule has 2 aromatic carbocycles. The molecule has 2 aromatic rings. The van der Waals surface area contributed by atoms with Gasteiger partial charge < -0.3 is 15.8 Å². The fourth-order valence-corrected chi connectivity index (χ4v) is 1.99. The summed E-state index contributed by atoms with van der Waals surface area (Å²) < 4.78 is 18.6. The molecule has 0 saturated carbocycles. The Bertz CT molecular complexity index is 860. The van der Waals surface area contributed by atoms with Gasteiger partial charge >= 0.3 is 6.09 Å². The molecule has 0 fully saturated rings. The number of alkyl carbamates (subject to hydrolysis) is 1. The molecular weight excluding hydrogens is 341 g/mol. The van der Waals surface area contributed by atoms with Gasteiger partial charge in [-0.15, -0.1) is 0 Å². The monoisotopic (exact) mass is 357 g/mol. The van der Waals surface area contributed by atoms with Gasteiger partial charge in [0, 0.05) is 24.6 Å². The third-order valence-corrected chi connectivity index (χ3v) is 3.27. The molecule has 1 amide bonds. The number of nitrogens with two attached hydrogens (primary N) is 1. The number of carbonyl (C=O) groups is 1. The quantitative estimate of drug-likeness (QED) is 0.281. The second-order valence-corrected chi connectivity index (χ2v) is 5.19. The minimum atomic E-state index is -0.897. The van der Waals surface area contributed by atoms with Crippen LogP contribution in [0.25, 0.3) is 0 Å². The highest BCUT2D eigenvalue weighted by atomic mass is 19.1. The highest BCUT2D eigenvalue weighted by Crippen LogP contribution is 2.25. The molecule has 0 aromatic heterocycles. The Balaban J connectivity index is 1.80. The zero-order chi connectivity index (χ0) is 18.9. The number of hydrogen-bond acceptors (Lipinski definition) is 5. The zero-order valence-electron chi connectivity index (χ0n) is 13.7. The first-order chi connectivity index (χ1) is 12.5. The van der Waals surface area contributed by atoms with Crippen molar-refractivity contribution < 1.29 is 18.8 Å². The Hall–Kier alpha value is -3.60. The summed E-state index contributed by atoms with van der Waals surface area (Å²) in [6, 6.07) is 11.4. The van der Waals surface area contributed by atoms with E-state index in [9.17, 15) is 19.3 Å². The van der Waals surface area contributed by atoms with E-state index >= 15 is 0 Å². The summed E-state index contributed by atoms with van der Waals surface area (Å²) in [4.78, 5) is 21.6. The number of hydrogen-bond donors (Lipinski definition) is 2. The van der Waals surface area contributed by atoms with E-state index in [1.807, 2.05) is 30.3 Å². The van der Waals surface area contributed by atoms with Crippen LogP contribution in [0.4, 0.5) is 20.6 Å². The Labute approximate surface area is 149 Å². The minimum Gasteiger partial charge on any atom is -0.445 e. The van der Waals surface area contributed by atoms with Crippen LogP contribution >= 0.6 is 0 Å². The van der Waals surface area contributed by atoms with E-state index in [0.29, 0.717) is 0 Å². The first-order valence-corrected chi connectivity index (χ1v) is 7.64. The van der Waals surface area contributed by atoms with Gasteiger partial charge in [-0.3, -0.25) is 10.1 Å². The lowest BCUT2D eigenvalue weighted by atomic mass is 10.1. The van der Waals surface area contributed by atoms with Crippen LogP contribution in [-0.4, -0.2) is 17.6 Å². The minimum absolute atomic E-state index is 0.134. The van der Waals surface area contributed by atoms with E-state index in [-0.39, 0.29) is 25.1 Å². The van der Waals surface area contributed by atoms with Gasteiger partial charge in [0.05, 0.1) is 4.92 Å². The number of amides is 1. The maximum Gasteiger partial charge on any atom is 0.407 e. The van der Waals surface area contributed by atoms with E-state index in [1.54, 1.807) is 0 Å². The molecule has 7 nitrogen and oxygen atoms in total. The summed E-state index contributed by atoms with van der Waals surface area (Å²) in [5, 5.41) is 13.3. The van der Waals surface area contributed by atoms with Crippen LogP contribution in [0, 0.1) is 27.8 Å². The van der Waals surface area contributed by atoms with Crippen molar-refractivity contribution in [1.82, 2.24) is 5.32 Å². The van der Waals surface area contributed by atoms with Crippen LogP contribution < -0.4 is 11.1 Å². The fraction of sp³-hybridized carbons (Fsp3) is 0.167. The summed E-state index contributed by atoms with van der Waals surface area (Å²) >= 11 is 0. The van der Waals surface area contributed by atoms with E-state index in [2.05, 4.69) is 17.2 Å². The molecule has 0 heterocycles. The van der Waals surface area contributed by atoms with Gasteiger partial charge in [0.2, 0.25) is 0 Å². The lowest BCUT2D eigenvalue weighted by molar-refractivity contribution is -0.384. The van der Waals surface area contributed by atoms with Crippen molar-refractivity contribution >= 4 is 17.5 Å². The Kier molecular flexibility index (Phi) is 6.51. The molecule has 0 radical (unpaired) electrons. The topological polar surface area (TPSA) is 107 Å². The number of anilines is 1. The standard InChI is InChI=1S/C18H16FN3O4/c19-15-10-14(11-16(17(15)20)22(24)25)8-4-5-9-21-18(23)26-12-13-6-2-1-3-7-13/h1-3,6-7,10-11H,5,9,12,20H2,(H,21,23). The zero-order valence-corrected chi connectivity index (χ0v) is 13.7. The first kappa shape index (κ1) is 18.7. The smallest absolute Gasteiger partial charge is 0.407 e. The number of carbonyl (C=O) groups excluding carboxylic acids is 1. The van der Waals surface area contributed by atoms with Crippen molar-refractivity contribution in [2.75, 3.05) is 12.3 Å². The predicted octanol–water partition coefficient (Wildman–Crippen LogP) is 2.98. The van der Waals surface area contributed by atoms with Gasteiger partial charge in [-0.2, -0.15) is 0 Å². The van der Waals surface area contributed by atoms with Gasteiger partial charge in [0.1, 0.15) is 12.3 Å². The van der Waals surface area contributed by atoms with E-state index < -0.39 is 28.2 Å². The molecule has 26 heavy (non-hydrogen) atoms. The highest BCUT2D eigenvalue weighted by Gasteiger charge is 2.16. The molecule has 0 aliphatic rings. The normalized spacial score (nSPS) is 9.73. The number of ether oxygens (including phenoxy) is 1. The van der Waals surface area contributed by atoms with Crippen molar-refractivity contribution in [2.45, 2.75) is 13.0 Å². The van der Waals surface area contributed by atoms with Crippen LogP contribution in [0.5, 0.6) is 0 Å². The summed E-state index contributed by atoms with van der Waals surface area (Å²) in [7, 11) is 0. The summed E-state index contributed by atoms with van der Waals surface area (Å²) in [6.07, 6.45) is -0.315. The number of nitro groups is 1. The molecule has 0 atom stereocenters. The second kappa shape index (κ2) is 9.03. The maximum absolute atomic E-state index is 13.5. The van der Waals surface area contributed by atoms with Gasteiger partial charge in [-0.1, -0.05) is 42.2 Å². The molecule has 0 aliphatic carbocycles. The largest absolute Gasteiger partial charge is 0.445 e. The summed E-state index contributed by atoms with van der Waals surface area (Å²) in [6.45, 7) is 0.382. The number of nitrogens with one attached hydrogen (secondary N) is 1. The van der Waals surface area contributed by atoms with Gasteiger partial charge in [-0.05, 0) is 11.6 Å². The molecule has 0 unspecified atom stereocenters. The van der Waals surface area contributed by atoms with Crippen molar-refractivity contribution in [3.05, 3.63) is 69.5 Å². The van der Waals surface area contributed by atoms with Gasteiger partial charge in [0.15, 0.2) is 5.82 Å². The van der Waals surface area contributed by atoms with Crippen molar-refractivity contribution in [2.24, 2.45) is 0 Å². The Morgan fingerprint density at radius 1 is 1.31 bits per heavy atom. The molecular formula is C18H16FN3O4. The Morgan fingerprint density at radius 3 is 2.73 bits per heavy atom. The molecule has 134 valence electrons. The number of benzene rings is 2. The van der Waals surface area contributed by atoms with Crippen molar-refractivity contribution in [1.29, 1.82) is 0 Å². The average molecular weight is 357 g/mol. The molecule has 2 rings (SSSR count). The van der Waals surface area contributed by atoms with Crippen molar-refractivity contribution in [3.63, 3.8) is 0 Å². The van der Waals surface area contributed by atoms with Gasteiger partial charge in [0.25, 0.3) is 5.69 Å². The van der Waals surface area contributed by atoms with Crippen molar-refractivity contribution in [3.8, 4) is 11.8 Å². The second-order valence-electron chi connectivity index (χ2n) is 5.19. The SMILES string of the molecule is Nc1c(F)cc(C#CCCNC(=O)OCc2ccccc2)cc1[N+](=O)[O-]. The molecule has 0 saturated heterocycles. The lowest BCUT2D eigenvalue weighted by Gasteiger charge is -2.05. The number of halogens is 1. The summed E-state index contributed by atoms with van der Waals surface area (Å²) in [5.41, 5.74) is 5.26. The lowest BCUT2D eigenvalue weighted by Crippen LogP contribution is -2.24. The van der Waals surface area contributed by atoms with Crippen LogP contribution in [0.15, 0.2) is 42.5 Å². The van der Waals surface area contributed by atoms with Crippen LogP contribution in [0.2, 0.25) is 0 Å². The highest BCUT2D eigenvalue weighted by molar-refractivity contribution is 5.67. The maximum atomic E-state index is 13.5. The number of nitrogen functional groups attached to an aromatic ring is 1. The third-order valence-electron chi connectivity index (χ3n) is 3.27. The van der Waals surface area contributed by atoms with E-state index in [0.717, 1.165) is 17.7 Å². The summed E-state index contributed by atoms with van der Waals surface area (Å²) in [5.74, 6) is 4.39. The van der Waals surface area contributed by atoms with Gasteiger partial charge in [-0.25, -0.2) is 9.18 Å². The first-order valence-electron chi connectivity index (χ1n) is 7.64. The average Bonchev–Trinajstić information content (AvgIpc) is 2.63.